The van der Waals surface area contributed by atoms with E-state index in [2.05, 4.69) is 11.4 Å². The van der Waals surface area contributed by atoms with Gasteiger partial charge in [0.15, 0.2) is 11.5 Å². The third kappa shape index (κ3) is 4.51. The van der Waals surface area contributed by atoms with Crippen LogP contribution in [0.1, 0.15) is 12.5 Å². The van der Waals surface area contributed by atoms with Crippen LogP contribution in [0.4, 0.5) is 0 Å². The van der Waals surface area contributed by atoms with E-state index in [9.17, 15) is 4.79 Å². The molecule has 5 heteroatoms. The van der Waals surface area contributed by atoms with Crippen LogP contribution in [0.3, 0.4) is 0 Å². The van der Waals surface area contributed by atoms with E-state index in [1.807, 2.05) is 6.07 Å². The van der Waals surface area contributed by atoms with Crippen molar-refractivity contribution >= 4 is 5.91 Å². The van der Waals surface area contributed by atoms with Crippen LogP contribution in [-0.2, 0) is 11.2 Å². The zero-order valence-electron chi connectivity index (χ0n) is 11.4. The molecule has 0 aliphatic rings. The molecule has 1 amide bonds. The highest BCUT2D eigenvalue weighted by molar-refractivity contribution is 5.78. The van der Waals surface area contributed by atoms with Gasteiger partial charge in [0.05, 0.1) is 32.6 Å². The number of ether oxygens (including phenoxy) is 2. The van der Waals surface area contributed by atoms with E-state index in [1.165, 1.54) is 0 Å². The number of nitrogens with one attached hydrogen (secondary N) is 1. The maximum absolute atomic E-state index is 11.7. The fourth-order valence-corrected chi connectivity index (χ4v) is 1.55. The van der Waals surface area contributed by atoms with Crippen molar-refractivity contribution in [1.82, 2.24) is 5.32 Å². The Morgan fingerprint density at radius 2 is 2.05 bits per heavy atom. The normalized spacial score (nSPS) is 11.3. The average Bonchev–Trinajstić information content (AvgIpc) is 2.44. The highest BCUT2D eigenvalue weighted by atomic mass is 16.5. The molecule has 1 atom stereocenters. The second kappa shape index (κ2) is 7.27. The maximum atomic E-state index is 11.7. The molecule has 0 aromatic heterocycles. The largest absolute Gasteiger partial charge is 0.493 e. The third-order valence-electron chi connectivity index (χ3n) is 2.64. The maximum Gasteiger partial charge on any atom is 0.224 e. The van der Waals surface area contributed by atoms with Gasteiger partial charge in [-0.2, -0.15) is 5.26 Å². The van der Waals surface area contributed by atoms with Gasteiger partial charge in [-0.05, 0) is 24.6 Å². The molecular weight excluding hydrogens is 244 g/mol. The molecule has 1 unspecified atom stereocenters. The summed E-state index contributed by atoms with van der Waals surface area (Å²) >= 11 is 0. The summed E-state index contributed by atoms with van der Waals surface area (Å²) in [5.74, 6) is 0.923. The molecule has 0 heterocycles. The first-order valence-corrected chi connectivity index (χ1v) is 5.98. The van der Waals surface area contributed by atoms with Crippen molar-refractivity contribution in [2.24, 2.45) is 5.92 Å². The Morgan fingerprint density at radius 1 is 1.37 bits per heavy atom. The number of hydrogen-bond donors (Lipinski definition) is 1. The molecule has 0 fully saturated rings. The van der Waals surface area contributed by atoms with Crippen LogP contribution in [0.2, 0.25) is 0 Å². The number of carbonyl (C=O) groups excluding carboxylic acids is 1. The fraction of sp³-hybridized carbons (Fsp3) is 0.429. The van der Waals surface area contributed by atoms with Gasteiger partial charge >= 0.3 is 0 Å². The van der Waals surface area contributed by atoms with Crippen LogP contribution in [0.5, 0.6) is 11.5 Å². The quantitative estimate of drug-likeness (QED) is 0.843. The summed E-state index contributed by atoms with van der Waals surface area (Å²) in [4.78, 5) is 11.7. The van der Waals surface area contributed by atoms with E-state index in [1.54, 1.807) is 33.3 Å². The van der Waals surface area contributed by atoms with Gasteiger partial charge in [-0.3, -0.25) is 4.79 Å². The van der Waals surface area contributed by atoms with E-state index >= 15 is 0 Å². The summed E-state index contributed by atoms with van der Waals surface area (Å²) in [6.07, 6.45) is 0.249. The average molecular weight is 262 g/mol. The summed E-state index contributed by atoms with van der Waals surface area (Å²) < 4.78 is 10.3. The van der Waals surface area contributed by atoms with Gasteiger partial charge in [-0.15, -0.1) is 0 Å². The molecule has 5 nitrogen and oxygen atoms in total. The van der Waals surface area contributed by atoms with Crippen LogP contribution >= 0.6 is 0 Å². The smallest absolute Gasteiger partial charge is 0.224 e. The van der Waals surface area contributed by atoms with E-state index in [4.69, 9.17) is 14.7 Å². The minimum atomic E-state index is -0.186. The van der Waals surface area contributed by atoms with Gasteiger partial charge < -0.3 is 14.8 Å². The molecule has 0 spiro atoms. The number of benzene rings is 1. The highest BCUT2D eigenvalue weighted by Gasteiger charge is 2.09. The Labute approximate surface area is 113 Å². The minimum absolute atomic E-state index is 0.116. The molecule has 0 saturated heterocycles. The summed E-state index contributed by atoms with van der Waals surface area (Å²) in [6.45, 7) is 2.12. The Kier molecular flexibility index (Phi) is 5.68. The lowest BCUT2D eigenvalue weighted by atomic mass is 10.1. The third-order valence-corrected chi connectivity index (χ3v) is 2.64. The van der Waals surface area contributed by atoms with Crippen molar-refractivity contribution in [3.8, 4) is 17.6 Å². The summed E-state index contributed by atoms with van der Waals surface area (Å²) in [7, 11) is 3.11. The molecule has 0 radical (unpaired) electrons. The Bertz CT molecular complexity index is 480. The van der Waals surface area contributed by atoms with Crippen LogP contribution in [0.15, 0.2) is 18.2 Å². The first kappa shape index (κ1) is 14.8. The van der Waals surface area contributed by atoms with Gasteiger partial charge in [0, 0.05) is 6.54 Å². The number of carbonyl (C=O) groups is 1. The van der Waals surface area contributed by atoms with Crippen molar-refractivity contribution in [3.63, 3.8) is 0 Å². The lowest BCUT2D eigenvalue weighted by molar-refractivity contribution is -0.120. The van der Waals surface area contributed by atoms with Gasteiger partial charge in [0.2, 0.25) is 5.91 Å². The SMILES string of the molecule is COc1ccc(CC(=O)NCC(C)C#N)cc1OC. The Hall–Kier alpha value is -2.22. The molecule has 19 heavy (non-hydrogen) atoms. The molecule has 0 bridgehead atoms. The molecule has 102 valence electrons. The van der Waals surface area contributed by atoms with Gasteiger partial charge in [0.25, 0.3) is 0 Å². The highest BCUT2D eigenvalue weighted by Crippen LogP contribution is 2.27. The zero-order chi connectivity index (χ0) is 14.3. The topological polar surface area (TPSA) is 71.3 Å². The standard InChI is InChI=1S/C14H18N2O3/c1-10(8-15)9-16-14(17)7-11-4-5-12(18-2)13(6-11)19-3/h4-6,10H,7,9H2,1-3H3,(H,16,17). The molecular formula is C14H18N2O3. The van der Waals surface area contributed by atoms with E-state index in [0.29, 0.717) is 18.0 Å². The van der Waals surface area contributed by atoms with Crippen LogP contribution < -0.4 is 14.8 Å². The summed E-state index contributed by atoms with van der Waals surface area (Å²) in [5.41, 5.74) is 0.833. The lowest BCUT2D eigenvalue weighted by Crippen LogP contribution is -2.29. The lowest BCUT2D eigenvalue weighted by Gasteiger charge is -2.10. The minimum Gasteiger partial charge on any atom is -0.493 e. The molecule has 1 aromatic rings. The first-order chi connectivity index (χ1) is 9.10. The van der Waals surface area contributed by atoms with Crippen molar-refractivity contribution in [2.45, 2.75) is 13.3 Å². The van der Waals surface area contributed by atoms with E-state index in [0.717, 1.165) is 5.56 Å². The molecule has 1 N–H and O–H groups in total. The number of hydrogen-bond acceptors (Lipinski definition) is 4. The molecule has 1 aromatic carbocycles. The summed E-state index contributed by atoms with van der Waals surface area (Å²) in [6, 6.07) is 7.41. The van der Waals surface area contributed by atoms with E-state index < -0.39 is 0 Å². The van der Waals surface area contributed by atoms with Crippen molar-refractivity contribution in [2.75, 3.05) is 20.8 Å². The number of amides is 1. The first-order valence-electron chi connectivity index (χ1n) is 5.98. The second-order valence-corrected chi connectivity index (χ2v) is 4.20. The number of rotatable bonds is 6. The molecule has 0 aliphatic heterocycles. The predicted molar refractivity (Wildman–Crippen MR) is 71.0 cm³/mol. The second-order valence-electron chi connectivity index (χ2n) is 4.20. The predicted octanol–water partition coefficient (Wildman–Crippen LogP) is 1.52. The fourth-order valence-electron chi connectivity index (χ4n) is 1.55. The van der Waals surface area contributed by atoms with Crippen LogP contribution in [0, 0.1) is 17.2 Å². The molecule has 0 saturated carbocycles. The van der Waals surface area contributed by atoms with Gasteiger partial charge in [-0.1, -0.05) is 6.07 Å². The van der Waals surface area contributed by atoms with Crippen molar-refractivity contribution in [3.05, 3.63) is 23.8 Å². The Morgan fingerprint density at radius 3 is 2.63 bits per heavy atom. The van der Waals surface area contributed by atoms with Crippen LogP contribution in [-0.4, -0.2) is 26.7 Å². The molecule has 1 rings (SSSR count). The molecule has 0 aliphatic carbocycles. The van der Waals surface area contributed by atoms with Crippen LogP contribution in [0.25, 0.3) is 0 Å². The number of nitriles is 1. The van der Waals surface area contributed by atoms with Crippen molar-refractivity contribution in [1.29, 1.82) is 5.26 Å². The van der Waals surface area contributed by atoms with Gasteiger partial charge in [0.1, 0.15) is 0 Å². The number of methoxy groups -OCH3 is 2. The van der Waals surface area contributed by atoms with E-state index in [-0.39, 0.29) is 18.2 Å². The monoisotopic (exact) mass is 262 g/mol. The summed E-state index contributed by atoms with van der Waals surface area (Å²) in [5, 5.41) is 11.3. The van der Waals surface area contributed by atoms with Gasteiger partial charge in [-0.25, -0.2) is 0 Å². The van der Waals surface area contributed by atoms with Crippen molar-refractivity contribution < 1.29 is 14.3 Å². The number of nitrogens with zero attached hydrogens (tertiary/aromatic N) is 1. The zero-order valence-corrected chi connectivity index (χ0v) is 11.4. The Balaban J connectivity index is 2.62.